The highest BCUT2D eigenvalue weighted by molar-refractivity contribution is 8.02. The number of benzene rings is 2. The average Bonchev–Trinajstić information content (AvgIpc) is 2.69. The van der Waals surface area contributed by atoms with Crippen LogP contribution < -0.4 is 11.1 Å². The van der Waals surface area contributed by atoms with Gasteiger partial charge in [0, 0.05) is 22.9 Å². The van der Waals surface area contributed by atoms with E-state index < -0.39 is 0 Å². The van der Waals surface area contributed by atoms with E-state index in [1.165, 1.54) is 23.5 Å². The highest BCUT2D eigenvalue weighted by Crippen LogP contribution is 2.34. The molecule has 0 saturated carbocycles. The minimum Gasteiger partial charge on any atom is -0.267 e. The maximum absolute atomic E-state index is 13.6. The van der Waals surface area contributed by atoms with Gasteiger partial charge in [-0.1, -0.05) is 80.7 Å². The van der Waals surface area contributed by atoms with E-state index in [2.05, 4.69) is 20.8 Å². The Morgan fingerprint density at radius 1 is 0.724 bits per heavy atom. The van der Waals surface area contributed by atoms with Crippen LogP contribution >= 0.6 is 23.5 Å². The molecular formula is C23H26N2O2S2. The third-order valence-electron chi connectivity index (χ3n) is 4.20. The first kappa shape index (κ1) is 21.5. The molecule has 0 aliphatic heterocycles. The predicted molar refractivity (Wildman–Crippen MR) is 121 cm³/mol. The van der Waals surface area contributed by atoms with E-state index in [9.17, 15) is 9.59 Å². The van der Waals surface area contributed by atoms with Crippen molar-refractivity contribution in [1.82, 2.24) is 9.36 Å². The summed E-state index contributed by atoms with van der Waals surface area (Å²) in [5.74, 6) is 0. The Morgan fingerprint density at radius 2 is 1.14 bits per heavy atom. The van der Waals surface area contributed by atoms with Crippen molar-refractivity contribution in [3.05, 3.63) is 81.4 Å². The standard InChI is InChI=1S/C23H26N2O2S2/c1-5-24-21(26)19(28-17-12-8-6-9-13-17)20(29-18-14-10-7-11-15-18)22(27)25(24)16-23(2,3)4/h6-15H,5,16H2,1-4H3. The molecular weight excluding hydrogens is 400 g/mol. The second kappa shape index (κ2) is 9.09. The summed E-state index contributed by atoms with van der Waals surface area (Å²) < 4.78 is 3.19. The average molecular weight is 427 g/mol. The number of aromatic nitrogens is 2. The number of rotatable bonds is 6. The van der Waals surface area contributed by atoms with Crippen LogP contribution in [0.2, 0.25) is 0 Å². The molecule has 1 aromatic heterocycles. The van der Waals surface area contributed by atoms with Gasteiger partial charge >= 0.3 is 0 Å². The fourth-order valence-electron chi connectivity index (χ4n) is 2.96. The van der Waals surface area contributed by atoms with Crippen molar-refractivity contribution < 1.29 is 0 Å². The van der Waals surface area contributed by atoms with E-state index in [1.54, 1.807) is 9.36 Å². The molecule has 0 spiro atoms. The van der Waals surface area contributed by atoms with Gasteiger partial charge in [-0.3, -0.25) is 9.59 Å². The molecule has 2 aromatic carbocycles. The summed E-state index contributed by atoms with van der Waals surface area (Å²) >= 11 is 2.73. The van der Waals surface area contributed by atoms with Gasteiger partial charge in [-0.15, -0.1) is 0 Å². The van der Waals surface area contributed by atoms with Crippen molar-refractivity contribution in [2.45, 2.75) is 60.4 Å². The van der Waals surface area contributed by atoms with Crippen LogP contribution in [0.5, 0.6) is 0 Å². The van der Waals surface area contributed by atoms with Crippen molar-refractivity contribution in [3.8, 4) is 0 Å². The number of hydrogen-bond acceptors (Lipinski definition) is 4. The van der Waals surface area contributed by atoms with E-state index >= 15 is 0 Å². The molecule has 0 amide bonds. The fourth-order valence-corrected chi connectivity index (χ4v) is 5.01. The zero-order valence-electron chi connectivity index (χ0n) is 17.2. The Hall–Kier alpha value is -2.18. The molecule has 0 fully saturated rings. The van der Waals surface area contributed by atoms with Crippen molar-refractivity contribution in [2.75, 3.05) is 0 Å². The van der Waals surface area contributed by atoms with Crippen LogP contribution in [0.3, 0.4) is 0 Å². The lowest BCUT2D eigenvalue weighted by atomic mass is 9.97. The number of hydrogen-bond donors (Lipinski definition) is 0. The van der Waals surface area contributed by atoms with E-state index in [4.69, 9.17) is 0 Å². The smallest absolute Gasteiger partial charge is 0.267 e. The van der Waals surface area contributed by atoms with Gasteiger partial charge in [-0.2, -0.15) is 0 Å². The van der Waals surface area contributed by atoms with Gasteiger partial charge in [0.25, 0.3) is 11.1 Å². The molecule has 0 saturated heterocycles. The first-order valence-electron chi connectivity index (χ1n) is 9.64. The third-order valence-corrected chi connectivity index (χ3v) is 6.52. The van der Waals surface area contributed by atoms with Gasteiger partial charge in [0.05, 0.1) is 9.79 Å². The van der Waals surface area contributed by atoms with Gasteiger partial charge in [-0.25, -0.2) is 9.36 Å². The van der Waals surface area contributed by atoms with Gasteiger partial charge in [0.1, 0.15) is 0 Å². The summed E-state index contributed by atoms with van der Waals surface area (Å²) in [5, 5.41) is 0. The van der Waals surface area contributed by atoms with Crippen LogP contribution in [-0.4, -0.2) is 9.36 Å². The Bertz CT molecular complexity index is 1080. The maximum Gasteiger partial charge on any atom is 0.280 e. The van der Waals surface area contributed by atoms with Crippen LogP contribution in [-0.2, 0) is 13.1 Å². The summed E-state index contributed by atoms with van der Waals surface area (Å²) in [6.45, 7) is 9.04. The molecule has 0 aliphatic carbocycles. The second-order valence-corrected chi connectivity index (χ2v) is 10.1. The quantitative estimate of drug-likeness (QED) is 0.531. The summed E-state index contributed by atoms with van der Waals surface area (Å²) in [6, 6.07) is 19.5. The largest absolute Gasteiger partial charge is 0.280 e. The van der Waals surface area contributed by atoms with Crippen LogP contribution in [0, 0.1) is 5.41 Å². The molecule has 3 aromatic rings. The Morgan fingerprint density at radius 3 is 1.52 bits per heavy atom. The summed E-state index contributed by atoms with van der Waals surface area (Å²) in [6.07, 6.45) is 0. The Labute approximate surface area is 179 Å². The monoisotopic (exact) mass is 426 g/mol. The first-order chi connectivity index (χ1) is 13.8. The molecule has 4 nitrogen and oxygen atoms in total. The normalized spacial score (nSPS) is 11.6. The van der Waals surface area contributed by atoms with Crippen LogP contribution in [0.4, 0.5) is 0 Å². The van der Waals surface area contributed by atoms with E-state index in [-0.39, 0.29) is 16.5 Å². The van der Waals surface area contributed by atoms with Crippen LogP contribution in [0.1, 0.15) is 27.7 Å². The van der Waals surface area contributed by atoms with Crippen molar-refractivity contribution in [2.24, 2.45) is 5.41 Å². The predicted octanol–water partition coefficient (Wildman–Crippen LogP) is 5.38. The molecule has 0 radical (unpaired) electrons. The van der Waals surface area contributed by atoms with Crippen molar-refractivity contribution >= 4 is 23.5 Å². The fraction of sp³-hybridized carbons (Fsp3) is 0.304. The van der Waals surface area contributed by atoms with E-state index in [0.717, 1.165) is 9.79 Å². The molecule has 3 rings (SSSR count). The minimum atomic E-state index is -0.129. The topological polar surface area (TPSA) is 44.0 Å². The first-order valence-corrected chi connectivity index (χ1v) is 11.3. The summed E-state index contributed by atoms with van der Waals surface area (Å²) in [7, 11) is 0. The van der Waals surface area contributed by atoms with Crippen molar-refractivity contribution in [3.63, 3.8) is 0 Å². The third kappa shape index (κ3) is 5.25. The molecule has 0 atom stereocenters. The molecule has 29 heavy (non-hydrogen) atoms. The molecule has 1 heterocycles. The lowest BCUT2D eigenvalue weighted by Gasteiger charge is -2.24. The highest BCUT2D eigenvalue weighted by Gasteiger charge is 2.23. The van der Waals surface area contributed by atoms with Gasteiger partial charge in [0.2, 0.25) is 0 Å². The zero-order chi connectivity index (χ0) is 21.0. The zero-order valence-corrected chi connectivity index (χ0v) is 18.8. The highest BCUT2D eigenvalue weighted by atomic mass is 32.2. The van der Waals surface area contributed by atoms with Crippen LogP contribution in [0.15, 0.2) is 89.8 Å². The molecule has 0 unspecified atom stereocenters. The van der Waals surface area contributed by atoms with E-state index in [0.29, 0.717) is 22.9 Å². The molecule has 6 heteroatoms. The molecule has 0 N–H and O–H groups in total. The molecule has 0 aliphatic rings. The van der Waals surface area contributed by atoms with Gasteiger partial charge < -0.3 is 0 Å². The second-order valence-electron chi connectivity index (χ2n) is 7.93. The SMILES string of the molecule is CCn1c(=O)c(Sc2ccccc2)c(Sc2ccccc2)c(=O)n1CC(C)(C)C. The molecule has 0 bridgehead atoms. The Balaban J connectivity index is 2.23. The Kier molecular flexibility index (Phi) is 6.75. The maximum atomic E-state index is 13.6. The molecule has 152 valence electrons. The lowest BCUT2D eigenvalue weighted by Crippen LogP contribution is -2.42. The lowest BCUT2D eigenvalue weighted by molar-refractivity contribution is 0.273. The van der Waals surface area contributed by atoms with E-state index in [1.807, 2.05) is 67.6 Å². The van der Waals surface area contributed by atoms with Gasteiger partial charge in [0.15, 0.2) is 0 Å². The number of nitrogens with zero attached hydrogens (tertiary/aromatic N) is 2. The summed E-state index contributed by atoms with van der Waals surface area (Å²) in [5.41, 5.74) is -0.368. The summed E-state index contributed by atoms with van der Waals surface area (Å²) in [4.78, 5) is 29.9. The minimum absolute atomic E-state index is 0.117. The van der Waals surface area contributed by atoms with Crippen molar-refractivity contribution in [1.29, 1.82) is 0 Å². The van der Waals surface area contributed by atoms with Crippen LogP contribution in [0.25, 0.3) is 0 Å². The van der Waals surface area contributed by atoms with Gasteiger partial charge in [-0.05, 0) is 36.6 Å².